The molecular formula is C28H23F8N5O3. The molecule has 0 spiro atoms. The average Bonchev–Trinajstić information content (AvgIpc) is 2.92. The summed E-state index contributed by atoms with van der Waals surface area (Å²) in [7, 11) is 1.37. The van der Waals surface area contributed by atoms with Gasteiger partial charge in [0.05, 0.1) is 29.5 Å². The first-order chi connectivity index (χ1) is 20.4. The lowest BCUT2D eigenvalue weighted by molar-refractivity contribution is -0.155. The number of nitrogens with one attached hydrogen (secondary N) is 1. The first kappa shape index (κ1) is 32.3. The summed E-state index contributed by atoms with van der Waals surface area (Å²) in [6.45, 7) is 2.69. The monoisotopic (exact) mass is 629 g/mol. The highest BCUT2D eigenvalue weighted by atomic mass is 19.4. The second-order valence-corrected chi connectivity index (χ2v) is 10.1. The van der Waals surface area contributed by atoms with Gasteiger partial charge in [-0.2, -0.15) is 26.3 Å². The summed E-state index contributed by atoms with van der Waals surface area (Å²) >= 11 is 0. The smallest absolute Gasteiger partial charge is 0.433 e. The molecule has 1 aliphatic heterocycles. The summed E-state index contributed by atoms with van der Waals surface area (Å²) in [6, 6.07) is 4.35. The van der Waals surface area contributed by atoms with Crippen molar-refractivity contribution in [3.8, 4) is 11.3 Å². The summed E-state index contributed by atoms with van der Waals surface area (Å²) in [6.07, 6.45) is -9.43. The van der Waals surface area contributed by atoms with Crippen LogP contribution in [0.4, 0.5) is 40.8 Å². The molecule has 0 saturated heterocycles. The Labute approximate surface area is 244 Å². The molecule has 2 heterocycles. The molecule has 4 rings (SSSR count). The Balaban J connectivity index is 1.79. The predicted octanol–water partition coefficient (Wildman–Crippen LogP) is 6.12. The van der Waals surface area contributed by atoms with E-state index in [1.54, 1.807) is 13.8 Å². The van der Waals surface area contributed by atoms with E-state index in [-0.39, 0.29) is 5.56 Å². The van der Waals surface area contributed by atoms with Gasteiger partial charge in [-0.15, -0.1) is 0 Å². The fourth-order valence-electron chi connectivity index (χ4n) is 4.72. The number of anilines is 1. The number of hydrazine groups is 1. The van der Waals surface area contributed by atoms with Gasteiger partial charge in [-0.1, -0.05) is 26.0 Å². The Bertz CT molecular complexity index is 1640. The Morgan fingerprint density at radius 1 is 1.02 bits per heavy atom. The Kier molecular flexibility index (Phi) is 8.68. The zero-order chi connectivity index (χ0) is 32.7. The van der Waals surface area contributed by atoms with Crippen LogP contribution in [0.2, 0.25) is 0 Å². The summed E-state index contributed by atoms with van der Waals surface area (Å²) in [5.41, 5.74) is -5.59. The van der Waals surface area contributed by atoms with Gasteiger partial charge in [0.25, 0.3) is 11.8 Å². The quantitative estimate of drug-likeness (QED) is 0.252. The van der Waals surface area contributed by atoms with E-state index in [0.29, 0.717) is 24.5 Å². The van der Waals surface area contributed by atoms with E-state index in [1.165, 1.54) is 24.2 Å². The van der Waals surface area contributed by atoms with Crippen molar-refractivity contribution in [1.29, 1.82) is 0 Å². The first-order valence-corrected chi connectivity index (χ1v) is 12.7. The standard InChI is InChI=1S/C28H23F8N5O3/c1-13(2)23-24(42)21(26(44)41(40(23)3)11-14-5-4-6-17(29)22(14)30)25(43)39-18-8-7-15(27(31,32)33)9-16(18)19-10-20(28(34,35)36)38-12-37-19/h4-10,12-13,23,42H,11H2,1-3H3,(H,39,43). The molecule has 1 atom stereocenters. The second kappa shape index (κ2) is 11.8. The van der Waals surface area contributed by atoms with E-state index in [4.69, 9.17) is 0 Å². The highest BCUT2D eigenvalue weighted by Crippen LogP contribution is 2.38. The molecule has 0 radical (unpaired) electrons. The number of hydrogen-bond acceptors (Lipinski definition) is 6. The SMILES string of the molecule is CC(C)C1C(O)=C(C(=O)Nc2ccc(C(F)(F)F)cc2-c2cc(C(F)(F)F)ncn2)C(=O)N(Cc2cccc(F)c2F)N1C. The molecule has 0 saturated carbocycles. The summed E-state index contributed by atoms with van der Waals surface area (Å²) in [5, 5.41) is 15.3. The number of rotatable bonds is 6. The van der Waals surface area contributed by atoms with Crippen LogP contribution < -0.4 is 5.32 Å². The van der Waals surface area contributed by atoms with Crippen molar-refractivity contribution < 1.29 is 49.8 Å². The molecule has 0 aliphatic carbocycles. The van der Waals surface area contributed by atoms with Crippen molar-refractivity contribution in [1.82, 2.24) is 20.0 Å². The topological polar surface area (TPSA) is 98.7 Å². The van der Waals surface area contributed by atoms with Gasteiger partial charge in [-0.25, -0.2) is 23.8 Å². The summed E-state index contributed by atoms with van der Waals surface area (Å²) < 4.78 is 109. The molecule has 1 aliphatic rings. The number of alkyl halides is 6. The summed E-state index contributed by atoms with van der Waals surface area (Å²) in [4.78, 5) is 33.8. The lowest BCUT2D eigenvalue weighted by Crippen LogP contribution is -2.57. The molecule has 3 aromatic rings. The van der Waals surface area contributed by atoms with Crippen LogP contribution in [0.25, 0.3) is 11.3 Å². The largest absolute Gasteiger partial charge is 0.510 e. The number of carbonyl (C=O) groups is 2. The molecule has 8 nitrogen and oxygen atoms in total. The molecule has 1 aromatic heterocycles. The maximum atomic E-state index is 14.5. The van der Waals surface area contributed by atoms with Crippen molar-refractivity contribution in [3.63, 3.8) is 0 Å². The van der Waals surface area contributed by atoms with E-state index >= 15 is 0 Å². The van der Waals surface area contributed by atoms with Crippen molar-refractivity contribution in [2.75, 3.05) is 12.4 Å². The van der Waals surface area contributed by atoms with Crippen molar-refractivity contribution >= 4 is 17.5 Å². The predicted molar refractivity (Wildman–Crippen MR) is 139 cm³/mol. The minimum Gasteiger partial charge on any atom is -0.510 e. The second-order valence-electron chi connectivity index (χ2n) is 10.1. The number of aliphatic hydroxyl groups is 1. The van der Waals surface area contributed by atoms with E-state index in [2.05, 4.69) is 15.3 Å². The van der Waals surface area contributed by atoms with Gasteiger partial charge in [0, 0.05) is 18.2 Å². The zero-order valence-electron chi connectivity index (χ0n) is 23.1. The van der Waals surface area contributed by atoms with Crippen LogP contribution in [0.5, 0.6) is 0 Å². The van der Waals surface area contributed by atoms with Crippen LogP contribution in [-0.2, 0) is 28.5 Å². The molecule has 0 bridgehead atoms. The minimum atomic E-state index is -4.98. The summed E-state index contributed by atoms with van der Waals surface area (Å²) in [5.74, 6) is -6.15. The highest BCUT2D eigenvalue weighted by molar-refractivity contribution is 6.24. The van der Waals surface area contributed by atoms with Gasteiger partial charge < -0.3 is 10.4 Å². The molecule has 234 valence electrons. The molecule has 44 heavy (non-hydrogen) atoms. The first-order valence-electron chi connectivity index (χ1n) is 12.7. The number of aromatic nitrogens is 2. The van der Waals surface area contributed by atoms with Crippen LogP contribution in [0, 0.1) is 17.6 Å². The molecule has 2 N–H and O–H groups in total. The van der Waals surface area contributed by atoms with Crippen molar-refractivity contribution in [2.45, 2.75) is 38.8 Å². The van der Waals surface area contributed by atoms with Crippen LogP contribution >= 0.6 is 0 Å². The van der Waals surface area contributed by atoms with E-state index < -0.39 is 93.8 Å². The van der Waals surface area contributed by atoms with Crippen LogP contribution in [-0.4, -0.2) is 50.0 Å². The fraction of sp³-hybridized carbons (Fsp3) is 0.286. The average molecular weight is 630 g/mol. The molecular weight excluding hydrogens is 606 g/mol. The van der Waals surface area contributed by atoms with E-state index in [9.17, 15) is 49.8 Å². The van der Waals surface area contributed by atoms with E-state index in [0.717, 1.165) is 17.1 Å². The minimum absolute atomic E-state index is 0.261. The molecule has 2 aromatic carbocycles. The third-order valence-corrected chi connectivity index (χ3v) is 6.81. The number of aliphatic hydroxyl groups excluding tert-OH is 1. The maximum absolute atomic E-state index is 14.5. The van der Waals surface area contributed by atoms with Gasteiger partial charge in [0.15, 0.2) is 11.6 Å². The van der Waals surface area contributed by atoms with Gasteiger partial charge in [-0.05, 0) is 36.2 Å². The molecule has 16 heteroatoms. The van der Waals surface area contributed by atoms with Crippen molar-refractivity contribution in [3.05, 3.63) is 88.6 Å². The zero-order valence-corrected chi connectivity index (χ0v) is 23.1. The molecule has 1 unspecified atom stereocenters. The Morgan fingerprint density at radius 3 is 2.32 bits per heavy atom. The number of likely N-dealkylation sites (N-methyl/N-ethyl adjacent to an activating group) is 1. The number of amides is 2. The van der Waals surface area contributed by atoms with Crippen LogP contribution in [0.1, 0.15) is 30.7 Å². The number of benzene rings is 2. The van der Waals surface area contributed by atoms with Crippen LogP contribution in [0.3, 0.4) is 0 Å². The van der Waals surface area contributed by atoms with Gasteiger partial charge in [-0.3, -0.25) is 14.6 Å². The third kappa shape index (κ3) is 6.34. The molecule has 2 amide bonds. The number of carbonyl (C=O) groups excluding carboxylic acids is 2. The number of nitrogens with zero attached hydrogens (tertiary/aromatic N) is 4. The van der Waals surface area contributed by atoms with Crippen LogP contribution in [0.15, 0.2) is 60.1 Å². The van der Waals surface area contributed by atoms with Gasteiger partial charge in [0.1, 0.15) is 23.4 Å². The lowest BCUT2D eigenvalue weighted by Gasteiger charge is -2.43. The Morgan fingerprint density at radius 2 is 1.70 bits per heavy atom. The number of halogens is 8. The van der Waals surface area contributed by atoms with Crippen molar-refractivity contribution in [2.24, 2.45) is 5.92 Å². The number of hydrogen-bond donors (Lipinski definition) is 2. The molecule has 0 fully saturated rings. The highest BCUT2D eigenvalue weighted by Gasteiger charge is 2.43. The van der Waals surface area contributed by atoms with Gasteiger partial charge >= 0.3 is 12.4 Å². The third-order valence-electron chi connectivity index (χ3n) is 6.81. The lowest BCUT2D eigenvalue weighted by atomic mass is 9.95. The maximum Gasteiger partial charge on any atom is 0.433 e. The Hall–Kier alpha value is -4.60. The van der Waals surface area contributed by atoms with Gasteiger partial charge in [0.2, 0.25) is 0 Å². The van der Waals surface area contributed by atoms with E-state index in [1.807, 2.05) is 0 Å². The normalized spacial score (nSPS) is 16.6. The fourth-order valence-corrected chi connectivity index (χ4v) is 4.72.